The van der Waals surface area contributed by atoms with Crippen LogP contribution in [0.1, 0.15) is 44.5 Å². The van der Waals surface area contributed by atoms with Crippen LogP contribution in [0, 0.1) is 5.92 Å². The topological polar surface area (TPSA) is 84.5 Å². The number of nitrogens with one attached hydrogen (secondary N) is 2. The van der Waals surface area contributed by atoms with Crippen LogP contribution in [0.4, 0.5) is 0 Å². The fraction of sp³-hybridized carbons (Fsp3) is 0.500. The minimum Gasteiger partial charge on any atom is -0.454 e. The van der Waals surface area contributed by atoms with Gasteiger partial charge in [-0.3, -0.25) is 9.59 Å². The average Bonchev–Trinajstić information content (AvgIpc) is 2.51. The van der Waals surface area contributed by atoms with Crippen LogP contribution < -0.4 is 10.6 Å². The standard InChI is InChI=1S/C18H25ClN2O4/c1-11(2)9-15(18(24)25-10-16(22)20-12(3)4)21-17(23)13-5-7-14(19)8-6-13/h5-8,11-12,15H,9-10H2,1-4H3,(H,20,22)(H,21,23)/t15-/m1/s1. The van der Waals surface area contributed by atoms with Gasteiger partial charge in [-0.25, -0.2) is 4.79 Å². The van der Waals surface area contributed by atoms with Gasteiger partial charge in [0.25, 0.3) is 11.8 Å². The molecule has 0 spiro atoms. The first-order valence-corrected chi connectivity index (χ1v) is 8.59. The first-order chi connectivity index (χ1) is 11.7. The quantitative estimate of drug-likeness (QED) is 0.690. The van der Waals surface area contributed by atoms with Crippen LogP contribution in [-0.2, 0) is 14.3 Å². The van der Waals surface area contributed by atoms with Crippen LogP contribution in [-0.4, -0.2) is 36.5 Å². The molecular weight excluding hydrogens is 344 g/mol. The van der Waals surface area contributed by atoms with E-state index in [1.54, 1.807) is 24.3 Å². The van der Waals surface area contributed by atoms with Crippen molar-refractivity contribution in [3.8, 4) is 0 Å². The van der Waals surface area contributed by atoms with Gasteiger partial charge in [0.05, 0.1) is 0 Å². The van der Waals surface area contributed by atoms with Gasteiger partial charge in [0.15, 0.2) is 6.61 Å². The molecule has 2 amide bonds. The van der Waals surface area contributed by atoms with Gasteiger partial charge >= 0.3 is 5.97 Å². The van der Waals surface area contributed by atoms with Crippen molar-refractivity contribution in [2.45, 2.75) is 46.2 Å². The second kappa shape index (κ2) is 10.0. The molecule has 0 aromatic heterocycles. The molecule has 1 aromatic carbocycles. The molecule has 6 nitrogen and oxygen atoms in total. The summed E-state index contributed by atoms with van der Waals surface area (Å²) in [6, 6.07) is 5.49. The lowest BCUT2D eigenvalue weighted by Crippen LogP contribution is -2.44. The lowest BCUT2D eigenvalue weighted by molar-refractivity contribution is -0.150. The monoisotopic (exact) mass is 368 g/mol. The first kappa shape index (κ1) is 21.0. The molecule has 0 unspecified atom stereocenters. The molecular formula is C18H25ClN2O4. The highest BCUT2D eigenvalue weighted by molar-refractivity contribution is 6.30. The number of amides is 2. The van der Waals surface area contributed by atoms with Gasteiger partial charge in [0.1, 0.15) is 6.04 Å². The summed E-state index contributed by atoms with van der Waals surface area (Å²) in [7, 11) is 0. The first-order valence-electron chi connectivity index (χ1n) is 8.21. The Morgan fingerprint density at radius 2 is 1.64 bits per heavy atom. The van der Waals surface area contributed by atoms with Crippen molar-refractivity contribution >= 4 is 29.4 Å². The second-order valence-electron chi connectivity index (χ2n) is 6.49. The van der Waals surface area contributed by atoms with Crippen molar-refractivity contribution in [2.24, 2.45) is 5.92 Å². The van der Waals surface area contributed by atoms with Crippen molar-refractivity contribution in [1.82, 2.24) is 10.6 Å². The summed E-state index contributed by atoms with van der Waals surface area (Å²) < 4.78 is 5.04. The lowest BCUT2D eigenvalue weighted by atomic mass is 10.0. The van der Waals surface area contributed by atoms with E-state index in [9.17, 15) is 14.4 Å². The molecule has 7 heteroatoms. The summed E-state index contributed by atoms with van der Waals surface area (Å²) in [5.41, 5.74) is 0.392. The molecule has 0 saturated carbocycles. The van der Waals surface area contributed by atoms with Gasteiger partial charge in [0.2, 0.25) is 0 Å². The van der Waals surface area contributed by atoms with E-state index in [0.29, 0.717) is 17.0 Å². The summed E-state index contributed by atoms with van der Waals surface area (Å²) in [4.78, 5) is 36.1. The molecule has 1 atom stereocenters. The van der Waals surface area contributed by atoms with E-state index >= 15 is 0 Å². The summed E-state index contributed by atoms with van der Waals surface area (Å²) in [5.74, 6) is -1.25. The van der Waals surface area contributed by atoms with Gasteiger partial charge in [0, 0.05) is 16.6 Å². The van der Waals surface area contributed by atoms with Crippen molar-refractivity contribution in [3.05, 3.63) is 34.9 Å². The van der Waals surface area contributed by atoms with E-state index in [1.807, 2.05) is 27.7 Å². The molecule has 138 valence electrons. The molecule has 0 saturated heterocycles. The number of hydrogen-bond donors (Lipinski definition) is 2. The SMILES string of the molecule is CC(C)C[C@@H](NC(=O)c1ccc(Cl)cc1)C(=O)OCC(=O)NC(C)C. The van der Waals surface area contributed by atoms with Crippen LogP contribution in [0.5, 0.6) is 0 Å². The van der Waals surface area contributed by atoms with E-state index in [2.05, 4.69) is 10.6 Å². The minimum absolute atomic E-state index is 0.0396. The third-order valence-corrected chi connectivity index (χ3v) is 3.45. The highest BCUT2D eigenvalue weighted by atomic mass is 35.5. The van der Waals surface area contributed by atoms with Crippen molar-refractivity contribution < 1.29 is 19.1 Å². The highest BCUT2D eigenvalue weighted by Gasteiger charge is 2.24. The molecule has 0 aliphatic carbocycles. The molecule has 1 aromatic rings. The van der Waals surface area contributed by atoms with Gasteiger partial charge in [-0.2, -0.15) is 0 Å². The summed E-state index contributed by atoms with van der Waals surface area (Å²) in [6.45, 7) is 7.12. The normalized spacial score (nSPS) is 12.0. The van der Waals surface area contributed by atoms with E-state index in [0.717, 1.165) is 0 Å². The van der Waals surface area contributed by atoms with Gasteiger partial charge in [-0.15, -0.1) is 0 Å². The number of halogens is 1. The maximum atomic E-state index is 12.3. The molecule has 0 aliphatic rings. The lowest BCUT2D eigenvalue weighted by Gasteiger charge is -2.19. The summed E-state index contributed by atoms with van der Waals surface area (Å²) in [5, 5.41) is 5.81. The molecule has 2 N–H and O–H groups in total. The zero-order valence-electron chi connectivity index (χ0n) is 15.0. The highest BCUT2D eigenvalue weighted by Crippen LogP contribution is 2.11. The molecule has 0 aliphatic heterocycles. The van der Waals surface area contributed by atoms with E-state index < -0.39 is 17.9 Å². The van der Waals surface area contributed by atoms with Crippen LogP contribution in [0.3, 0.4) is 0 Å². The Morgan fingerprint density at radius 1 is 1.04 bits per heavy atom. The number of ether oxygens (including phenoxy) is 1. The zero-order chi connectivity index (χ0) is 19.0. The number of carbonyl (C=O) groups excluding carboxylic acids is 3. The number of hydrogen-bond acceptors (Lipinski definition) is 4. The average molecular weight is 369 g/mol. The molecule has 25 heavy (non-hydrogen) atoms. The number of esters is 1. The largest absolute Gasteiger partial charge is 0.454 e. The van der Waals surface area contributed by atoms with Crippen LogP contribution in [0.15, 0.2) is 24.3 Å². The van der Waals surface area contributed by atoms with E-state index in [1.165, 1.54) is 0 Å². The van der Waals surface area contributed by atoms with Crippen molar-refractivity contribution in [3.63, 3.8) is 0 Å². The fourth-order valence-electron chi connectivity index (χ4n) is 2.13. The van der Waals surface area contributed by atoms with Crippen molar-refractivity contribution in [2.75, 3.05) is 6.61 Å². The second-order valence-corrected chi connectivity index (χ2v) is 6.93. The molecule has 0 fully saturated rings. The van der Waals surface area contributed by atoms with Crippen LogP contribution >= 0.6 is 11.6 Å². The Kier molecular flexibility index (Phi) is 8.41. The van der Waals surface area contributed by atoms with Gasteiger partial charge in [-0.05, 0) is 50.5 Å². The van der Waals surface area contributed by atoms with Gasteiger partial charge in [-0.1, -0.05) is 25.4 Å². The molecule has 0 bridgehead atoms. The zero-order valence-corrected chi connectivity index (χ0v) is 15.7. The van der Waals surface area contributed by atoms with Crippen LogP contribution in [0.2, 0.25) is 5.02 Å². The maximum Gasteiger partial charge on any atom is 0.329 e. The van der Waals surface area contributed by atoms with E-state index in [4.69, 9.17) is 16.3 Å². The summed E-state index contributed by atoms with van der Waals surface area (Å²) in [6.07, 6.45) is 0.407. The predicted molar refractivity (Wildman–Crippen MR) is 96.4 cm³/mol. The van der Waals surface area contributed by atoms with E-state index in [-0.39, 0.29) is 24.5 Å². The molecule has 1 rings (SSSR count). The third-order valence-electron chi connectivity index (χ3n) is 3.20. The number of carbonyl (C=O) groups is 3. The summed E-state index contributed by atoms with van der Waals surface area (Å²) >= 11 is 5.80. The Bertz CT molecular complexity index is 600. The Labute approximate surface area is 153 Å². The molecule has 0 heterocycles. The van der Waals surface area contributed by atoms with Gasteiger partial charge < -0.3 is 15.4 Å². The predicted octanol–water partition coefficient (Wildman–Crippen LogP) is 2.55. The number of benzene rings is 1. The molecule has 0 radical (unpaired) electrons. The fourth-order valence-corrected chi connectivity index (χ4v) is 2.26. The van der Waals surface area contributed by atoms with Crippen LogP contribution in [0.25, 0.3) is 0 Å². The Balaban J connectivity index is 2.69. The smallest absolute Gasteiger partial charge is 0.329 e. The third kappa shape index (κ3) is 8.03. The maximum absolute atomic E-state index is 12.3. The van der Waals surface area contributed by atoms with Crippen molar-refractivity contribution in [1.29, 1.82) is 0 Å². The Hall–Kier alpha value is -2.08. The Morgan fingerprint density at radius 3 is 2.16 bits per heavy atom. The minimum atomic E-state index is -0.824. The number of rotatable bonds is 8.